The number of nitrogen functional groups attached to an aromatic ring is 1. The van der Waals surface area contributed by atoms with Crippen LogP contribution < -0.4 is 5.73 Å². The Balaban J connectivity index is 2.27. The van der Waals surface area contributed by atoms with E-state index in [1.807, 2.05) is 13.0 Å². The van der Waals surface area contributed by atoms with Gasteiger partial charge in [0.2, 0.25) is 0 Å². The highest BCUT2D eigenvalue weighted by Crippen LogP contribution is 2.32. The number of carboxylic acid groups (broad SMARTS) is 1. The first-order valence-corrected chi connectivity index (χ1v) is 5.74. The van der Waals surface area contributed by atoms with Gasteiger partial charge in [-0.05, 0) is 31.2 Å². The topological polar surface area (TPSA) is 76.5 Å². The number of benzene rings is 1. The van der Waals surface area contributed by atoms with E-state index in [9.17, 15) is 4.79 Å². The van der Waals surface area contributed by atoms with Crippen molar-refractivity contribution < 1.29 is 14.3 Å². The number of hydrogen-bond acceptors (Lipinski definition) is 4. The van der Waals surface area contributed by atoms with Crippen molar-refractivity contribution in [3.63, 3.8) is 0 Å². The SMILES string of the molecule is Cc1occc1Sc1ccc(C(=O)O)c(N)c1. The third-order valence-corrected chi connectivity index (χ3v) is 3.43. The first kappa shape index (κ1) is 11.6. The van der Waals surface area contributed by atoms with Crippen LogP contribution in [0.25, 0.3) is 0 Å². The molecule has 0 saturated heterocycles. The van der Waals surface area contributed by atoms with Gasteiger partial charge in [0, 0.05) is 10.6 Å². The summed E-state index contributed by atoms with van der Waals surface area (Å²) in [5.74, 6) is -0.186. The molecule has 0 amide bonds. The number of furan rings is 1. The van der Waals surface area contributed by atoms with E-state index in [1.165, 1.54) is 17.8 Å². The summed E-state index contributed by atoms with van der Waals surface area (Å²) in [6.45, 7) is 1.87. The fourth-order valence-corrected chi connectivity index (χ4v) is 2.30. The van der Waals surface area contributed by atoms with Gasteiger partial charge in [0.05, 0.1) is 16.7 Å². The number of rotatable bonds is 3. The third-order valence-electron chi connectivity index (χ3n) is 2.29. The number of hydrogen-bond donors (Lipinski definition) is 2. The number of nitrogens with two attached hydrogens (primary N) is 1. The van der Waals surface area contributed by atoms with Crippen LogP contribution in [0.2, 0.25) is 0 Å². The highest BCUT2D eigenvalue weighted by Gasteiger charge is 2.09. The Morgan fingerprint density at radius 3 is 2.71 bits per heavy atom. The second-order valence-electron chi connectivity index (χ2n) is 3.50. The van der Waals surface area contributed by atoms with Crippen LogP contribution in [0.15, 0.2) is 44.7 Å². The van der Waals surface area contributed by atoms with Gasteiger partial charge >= 0.3 is 5.97 Å². The molecule has 0 aliphatic heterocycles. The number of aryl methyl sites for hydroxylation is 1. The van der Waals surface area contributed by atoms with Crippen LogP contribution in [-0.4, -0.2) is 11.1 Å². The standard InChI is InChI=1S/C12H11NO3S/c1-7-11(4-5-16-7)17-8-2-3-9(12(14)15)10(13)6-8/h2-6H,13H2,1H3,(H,14,15). The Kier molecular flexibility index (Phi) is 3.10. The summed E-state index contributed by atoms with van der Waals surface area (Å²) < 4.78 is 5.18. The molecule has 3 N–H and O–H groups in total. The Morgan fingerprint density at radius 1 is 1.41 bits per heavy atom. The molecule has 5 heteroatoms. The Bertz CT molecular complexity index is 563. The van der Waals surface area contributed by atoms with Crippen LogP contribution in [0.4, 0.5) is 5.69 Å². The van der Waals surface area contributed by atoms with Gasteiger partial charge < -0.3 is 15.3 Å². The van der Waals surface area contributed by atoms with Crippen molar-refractivity contribution in [2.75, 3.05) is 5.73 Å². The van der Waals surface area contributed by atoms with Gasteiger partial charge in [0.1, 0.15) is 5.76 Å². The summed E-state index contributed by atoms with van der Waals surface area (Å²) in [4.78, 5) is 12.7. The smallest absolute Gasteiger partial charge is 0.337 e. The minimum Gasteiger partial charge on any atom is -0.478 e. The summed E-state index contributed by atoms with van der Waals surface area (Å²) in [5, 5.41) is 8.86. The molecular weight excluding hydrogens is 238 g/mol. The molecule has 0 aliphatic rings. The molecule has 1 heterocycles. The van der Waals surface area contributed by atoms with E-state index in [2.05, 4.69) is 0 Å². The molecule has 0 spiro atoms. The van der Waals surface area contributed by atoms with Crippen molar-refractivity contribution in [3.05, 3.63) is 41.9 Å². The molecular formula is C12H11NO3S. The lowest BCUT2D eigenvalue weighted by atomic mass is 10.2. The average Bonchev–Trinajstić information content (AvgIpc) is 2.64. The van der Waals surface area contributed by atoms with Gasteiger partial charge in [-0.3, -0.25) is 0 Å². The quantitative estimate of drug-likeness (QED) is 0.818. The van der Waals surface area contributed by atoms with Crippen molar-refractivity contribution in [1.29, 1.82) is 0 Å². The van der Waals surface area contributed by atoms with E-state index in [-0.39, 0.29) is 11.3 Å². The molecule has 88 valence electrons. The lowest BCUT2D eigenvalue weighted by molar-refractivity contribution is 0.0698. The van der Waals surface area contributed by atoms with E-state index in [4.69, 9.17) is 15.3 Å². The highest BCUT2D eigenvalue weighted by molar-refractivity contribution is 7.99. The van der Waals surface area contributed by atoms with E-state index in [1.54, 1.807) is 18.4 Å². The molecule has 0 aliphatic carbocycles. The van der Waals surface area contributed by atoms with Crippen LogP contribution in [-0.2, 0) is 0 Å². The summed E-state index contributed by atoms with van der Waals surface area (Å²) >= 11 is 1.49. The van der Waals surface area contributed by atoms with Crippen LogP contribution in [0.1, 0.15) is 16.1 Å². The fourth-order valence-electron chi connectivity index (χ4n) is 1.41. The normalized spacial score (nSPS) is 10.4. The number of aromatic carboxylic acids is 1. The Labute approximate surface area is 102 Å². The van der Waals surface area contributed by atoms with Gasteiger partial charge in [-0.2, -0.15) is 0 Å². The maximum Gasteiger partial charge on any atom is 0.337 e. The Hall–Kier alpha value is -1.88. The second kappa shape index (κ2) is 4.55. The lowest BCUT2D eigenvalue weighted by Crippen LogP contribution is -2.01. The molecule has 0 saturated carbocycles. The fraction of sp³-hybridized carbons (Fsp3) is 0.0833. The summed E-state index contributed by atoms with van der Waals surface area (Å²) in [6.07, 6.45) is 1.62. The highest BCUT2D eigenvalue weighted by atomic mass is 32.2. The number of anilines is 1. The molecule has 1 aromatic carbocycles. The van der Waals surface area contributed by atoms with Gasteiger partial charge in [-0.1, -0.05) is 11.8 Å². The van der Waals surface area contributed by atoms with Crippen molar-refractivity contribution >= 4 is 23.4 Å². The molecule has 0 atom stereocenters. The van der Waals surface area contributed by atoms with Gasteiger partial charge in [0.15, 0.2) is 0 Å². The molecule has 17 heavy (non-hydrogen) atoms. The number of carboxylic acids is 1. The molecule has 2 aromatic rings. The lowest BCUT2D eigenvalue weighted by Gasteiger charge is -2.04. The van der Waals surface area contributed by atoms with Gasteiger partial charge in [-0.25, -0.2) is 4.79 Å². The summed E-state index contributed by atoms with van der Waals surface area (Å²) in [7, 11) is 0. The zero-order valence-corrected chi connectivity index (χ0v) is 9.95. The van der Waals surface area contributed by atoms with E-state index >= 15 is 0 Å². The summed E-state index contributed by atoms with van der Waals surface area (Å²) in [6, 6.07) is 6.76. The second-order valence-corrected chi connectivity index (χ2v) is 4.61. The van der Waals surface area contributed by atoms with Gasteiger partial charge in [-0.15, -0.1) is 0 Å². The minimum atomic E-state index is -1.02. The third kappa shape index (κ3) is 2.45. The van der Waals surface area contributed by atoms with Crippen molar-refractivity contribution in [1.82, 2.24) is 0 Å². The molecule has 0 radical (unpaired) electrons. The van der Waals surface area contributed by atoms with E-state index < -0.39 is 5.97 Å². The molecule has 1 aromatic heterocycles. The predicted molar refractivity (Wildman–Crippen MR) is 65.4 cm³/mol. The average molecular weight is 249 g/mol. The molecule has 0 bridgehead atoms. The van der Waals surface area contributed by atoms with Crippen molar-refractivity contribution in [3.8, 4) is 0 Å². The molecule has 0 fully saturated rings. The molecule has 2 rings (SSSR count). The zero-order valence-electron chi connectivity index (χ0n) is 9.14. The van der Waals surface area contributed by atoms with Gasteiger partial charge in [0.25, 0.3) is 0 Å². The van der Waals surface area contributed by atoms with E-state index in [0.29, 0.717) is 0 Å². The van der Waals surface area contributed by atoms with Crippen LogP contribution in [0.3, 0.4) is 0 Å². The first-order valence-electron chi connectivity index (χ1n) is 4.92. The molecule has 0 unspecified atom stereocenters. The molecule has 4 nitrogen and oxygen atoms in total. The van der Waals surface area contributed by atoms with Crippen molar-refractivity contribution in [2.45, 2.75) is 16.7 Å². The maximum atomic E-state index is 10.8. The van der Waals surface area contributed by atoms with Crippen LogP contribution in [0.5, 0.6) is 0 Å². The van der Waals surface area contributed by atoms with E-state index in [0.717, 1.165) is 15.6 Å². The monoisotopic (exact) mass is 249 g/mol. The zero-order chi connectivity index (χ0) is 12.4. The minimum absolute atomic E-state index is 0.123. The summed E-state index contributed by atoms with van der Waals surface area (Å²) in [5.41, 5.74) is 6.06. The van der Waals surface area contributed by atoms with Crippen LogP contribution >= 0.6 is 11.8 Å². The maximum absolute atomic E-state index is 10.8. The first-order chi connectivity index (χ1) is 8.08. The Morgan fingerprint density at radius 2 is 2.18 bits per heavy atom. The van der Waals surface area contributed by atoms with Crippen molar-refractivity contribution in [2.24, 2.45) is 0 Å². The van der Waals surface area contributed by atoms with Crippen LogP contribution in [0, 0.1) is 6.92 Å². The largest absolute Gasteiger partial charge is 0.478 e. The number of carbonyl (C=O) groups is 1. The predicted octanol–water partition coefficient (Wildman–Crippen LogP) is 3.02.